The van der Waals surface area contributed by atoms with Crippen molar-refractivity contribution in [2.45, 2.75) is 19.8 Å². The van der Waals surface area contributed by atoms with Crippen LogP contribution in [-0.2, 0) is 4.79 Å². The lowest BCUT2D eigenvalue weighted by Crippen LogP contribution is -3.03. The van der Waals surface area contributed by atoms with Crippen LogP contribution in [0.3, 0.4) is 0 Å². The second-order valence-corrected chi connectivity index (χ2v) is 5.09. The molecular weight excluding hydrogens is 260 g/mol. The quantitative estimate of drug-likeness (QED) is 0.859. The zero-order chi connectivity index (χ0) is 13.7. The van der Waals surface area contributed by atoms with Crippen molar-refractivity contribution < 1.29 is 9.80 Å². The third kappa shape index (κ3) is 3.50. The van der Waals surface area contributed by atoms with Crippen LogP contribution in [0.4, 0.5) is 5.69 Å². The molecule has 0 aromatic heterocycles. The molecule has 2 rings (SSSR count). The number of carbonyl (C=O) groups is 1. The lowest BCUT2D eigenvalue weighted by Gasteiger charge is -2.05. The highest BCUT2D eigenvalue weighted by Gasteiger charge is 2.31. The molecule has 1 aliphatic rings. The Labute approximate surface area is 116 Å². The molecule has 1 aromatic carbocycles. The van der Waals surface area contributed by atoms with Gasteiger partial charge in [0.25, 0.3) is 5.91 Å². The minimum absolute atomic E-state index is 0.189. The van der Waals surface area contributed by atoms with E-state index < -0.39 is 0 Å². The second kappa shape index (κ2) is 6.60. The highest BCUT2D eigenvalue weighted by molar-refractivity contribution is 8.26. The van der Waals surface area contributed by atoms with Crippen LogP contribution in [0.1, 0.15) is 19.8 Å². The van der Waals surface area contributed by atoms with Crippen molar-refractivity contribution in [2.24, 2.45) is 15.8 Å². The first-order valence-electron chi connectivity index (χ1n) is 6.24. The summed E-state index contributed by atoms with van der Waals surface area (Å²) < 4.78 is 0. The number of benzene rings is 1. The van der Waals surface area contributed by atoms with E-state index >= 15 is 0 Å². The van der Waals surface area contributed by atoms with E-state index in [1.165, 1.54) is 11.8 Å². The summed E-state index contributed by atoms with van der Waals surface area (Å²) in [6.45, 7) is 2.36. The van der Waals surface area contributed by atoms with Crippen LogP contribution in [0.25, 0.3) is 0 Å². The largest absolute Gasteiger partial charge is 0.330 e. The van der Waals surface area contributed by atoms with Crippen molar-refractivity contribution in [2.75, 3.05) is 6.54 Å². The van der Waals surface area contributed by atoms with E-state index in [0.29, 0.717) is 11.7 Å². The molecule has 0 aliphatic carbocycles. The lowest BCUT2D eigenvalue weighted by molar-refractivity contribution is -0.732. The Bertz CT molecular complexity index is 513. The van der Waals surface area contributed by atoms with Gasteiger partial charge in [-0.25, -0.2) is 0 Å². The number of quaternary nitrogens is 1. The SMILES string of the molecule is CCC1=N[NH+](c2ccccc2)C(=NC(=O)CCN)S1. The minimum Gasteiger partial charge on any atom is -0.330 e. The average molecular weight is 277 g/mol. The molecule has 1 heterocycles. The van der Waals surface area contributed by atoms with Gasteiger partial charge in [0.05, 0.1) is 0 Å². The van der Waals surface area contributed by atoms with Gasteiger partial charge in [0, 0.05) is 36.9 Å². The van der Waals surface area contributed by atoms with Crippen LogP contribution in [0.5, 0.6) is 0 Å². The number of aliphatic imine (C=N–C) groups is 1. The highest BCUT2D eigenvalue weighted by Crippen LogP contribution is 2.15. The van der Waals surface area contributed by atoms with Gasteiger partial charge in [-0.3, -0.25) is 4.79 Å². The van der Waals surface area contributed by atoms with E-state index in [9.17, 15) is 4.79 Å². The molecule has 3 N–H and O–H groups in total. The number of nitrogens with one attached hydrogen (secondary N) is 1. The summed E-state index contributed by atoms with van der Waals surface area (Å²) in [4.78, 5) is 15.8. The Balaban J connectivity index is 2.26. The van der Waals surface area contributed by atoms with E-state index in [4.69, 9.17) is 5.73 Å². The first-order valence-corrected chi connectivity index (χ1v) is 7.06. The van der Waals surface area contributed by atoms with Gasteiger partial charge in [0.1, 0.15) is 5.04 Å². The number of thioether (sulfide) groups is 1. The summed E-state index contributed by atoms with van der Waals surface area (Å²) in [6.07, 6.45) is 1.11. The number of carbonyl (C=O) groups excluding carboxylic acids is 1. The van der Waals surface area contributed by atoms with Gasteiger partial charge in [-0.1, -0.05) is 30.2 Å². The third-order valence-corrected chi connectivity index (χ3v) is 3.68. The molecule has 6 heteroatoms. The smallest absolute Gasteiger partial charge is 0.303 e. The van der Waals surface area contributed by atoms with Gasteiger partial charge in [0.2, 0.25) is 0 Å². The van der Waals surface area contributed by atoms with Gasteiger partial charge in [0.15, 0.2) is 5.69 Å². The number of hydrogen-bond acceptors (Lipinski definition) is 4. The van der Waals surface area contributed by atoms with Gasteiger partial charge in [-0.2, -0.15) is 4.99 Å². The Morgan fingerprint density at radius 3 is 2.79 bits per heavy atom. The normalized spacial score (nSPS) is 20.6. The van der Waals surface area contributed by atoms with Crippen LogP contribution in [0.2, 0.25) is 0 Å². The fraction of sp³-hybridized carbons (Fsp3) is 0.308. The van der Waals surface area contributed by atoms with Crippen LogP contribution >= 0.6 is 11.8 Å². The predicted octanol–water partition coefficient (Wildman–Crippen LogP) is 0.905. The first kappa shape index (κ1) is 13.9. The standard InChI is InChI=1S/C13H16N4OS/c1-2-12-16-17(10-6-4-3-5-7-10)13(19-12)15-11(18)8-9-14/h3-7H,2,8-9,14H2,1H3/p+1. The first-order chi connectivity index (χ1) is 9.24. The van der Waals surface area contributed by atoms with Crippen molar-refractivity contribution >= 4 is 33.6 Å². The van der Waals surface area contributed by atoms with E-state index in [1.54, 1.807) is 0 Å². The van der Waals surface area contributed by atoms with E-state index in [-0.39, 0.29) is 12.3 Å². The van der Waals surface area contributed by atoms with Crippen molar-refractivity contribution in [3.63, 3.8) is 0 Å². The minimum atomic E-state index is -0.189. The Morgan fingerprint density at radius 2 is 2.16 bits per heavy atom. The van der Waals surface area contributed by atoms with Crippen molar-refractivity contribution in [3.05, 3.63) is 30.3 Å². The zero-order valence-corrected chi connectivity index (χ0v) is 11.6. The van der Waals surface area contributed by atoms with Gasteiger partial charge >= 0.3 is 5.17 Å². The average Bonchev–Trinajstić information content (AvgIpc) is 2.83. The summed E-state index contributed by atoms with van der Waals surface area (Å²) in [7, 11) is 0. The molecule has 1 atom stereocenters. The molecule has 0 bridgehead atoms. The van der Waals surface area contributed by atoms with Crippen molar-refractivity contribution in [1.29, 1.82) is 0 Å². The summed E-state index contributed by atoms with van der Waals surface area (Å²) in [5.41, 5.74) is 6.35. The summed E-state index contributed by atoms with van der Waals surface area (Å²) in [5, 5.41) is 7.00. The van der Waals surface area contributed by atoms with Crippen molar-refractivity contribution in [3.8, 4) is 0 Å². The maximum atomic E-state index is 11.6. The molecule has 0 fully saturated rings. The monoisotopic (exact) mass is 277 g/mol. The van der Waals surface area contributed by atoms with E-state index in [0.717, 1.165) is 22.2 Å². The molecule has 0 radical (unpaired) electrons. The topological polar surface area (TPSA) is 72.2 Å². The second-order valence-electron chi connectivity index (χ2n) is 4.03. The van der Waals surface area contributed by atoms with Gasteiger partial charge in [-0.15, -0.1) is 5.01 Å². The van der Waals surface area contributed by atoms with Crippen molar-refractivity contribution in [1.82, 2.24) is 0 Å². The molecule has 1 amide bonds. The molecule has 1 aromatic rings. The Morgan fingerprint density at radius 1 is 1.42 bits per heavy atom. The highest BCUT2D eigenvalue weighted by atomic mass is 32.2. The fourth-order valence-corrected chi connectivity index (χ4v) is 2.57. The maximum absolute atomic E-state index is 11.6. The number of para-hydroxylation sites is 1. The van der Waals surface area contributed by atoms with Crippen LogP contribution in [0.15, 0.2) is 40.4 Å². The molecule has 19 heavy (non-hydrogen) atoms. The van der Waals surface area contributed by atoms with Crippen LogP contribution in [-0.4, -0.2) is 22.7 Å². The van der Waals surface area contributed by atoms with Gasteiger partial charge < -0.3 is 5.73 Å². The van der Waals surface area contributed by atoms with E-state index in [2.05, 4.69) is 10.1 Å². The summed E-state index contributed by atoms with van der Waals surface area (Å²) in [5.74, 6) is -0.189. The number of hydrogen-bond donors (Lipinski definition) is 2. The lowest BCUT2D eigenvalue weighted by atomic mass is 10.3. The Kier molecular flexibility index (Phi) is 4.84. The molecule has 1 aliphatic heterocycles. The number of rotatable bonds is 4. The number of amidine groups is 1. The molecule has 0 saturated carbocycles. The third-order valence-electron chi connectivity index (χ3n) is 2.59. The predicted molar refractivity (Wildman–Crippen MR) is 78.5 cm³/mol. The molecule has 1 unspecified atom stereocenters. The van der Waals surface area contributed by atoms with E-state index in [1.807, 2.05) is 37.3 Å². The Hall–Kier alpha value is -1.50. The molecule has 0 spiro atoms. The molecule has 100 valence electrons. The molecule has 5 nitrogen and oxygen atoms in total. The fourth-order valence-electron chi connectivity index (χ4n) is 1.66. The van der Waals surface area contributed by atoms with Gasteiger partial charge in [-0.05, 0) is 6.42 Å². The summed E-state index contributed by atoms with van der Waals surface area (Å²) in [6, 6.07) is 9.80. The molecule has 0 saturated heterocycles. The number of nitrogens with two attached hydrogens (primary N) is 1. The molecular formula is C13H17N4OS+. The van der Waals surface area contributed by atoms with Crippen LogP contribution in [0, 0.1) is 0 Å². The number of nitrogens with zero attached hydrogens (tertiary/aromatic N) is 2. The summed E-state index contributed by atoms with van der Waals surface area (Å²) >= 11 is 1.47. The van der Waals surface area contributed by atoms with Crippen LogP contribution < -0.4 is 10.7 Å². The number of amides is 1. The zero-order valence-electron chi connectivity index (χ0n) is 10.8. The maximum Gasteiger partial charge on any atom is 0.303 e.